The summed E-state index contributed by atoms with van der Waals surface area (Å²) < 4.78 is 51.0. The number of fused-ring (bicyclic) bond motifs is 1. The topological polar surface area (TPSA) is 293 Å². The standard InChI is InChI=1S/C10H17N6O12P3/c11-8-7-9(15-10(12)14-8)16(3-13-7)6-1-4(17)5(26-6)2-25-30(21,22)28-31(23,24)27-29(18,19)20/h3-6,17H,1-2H2,(H,21,22)(H,23,24)(H2,18,19,20)(H4,11,12,14,15)/p-3/t4-,5+,6+/m0/s1. The van der Waals surface area contributed by atoms with Gasteiger partial charge >= 0.3 is 0 Å². The van der Waals surface area contributed by atoms with Crippen LogP contribution in [0.15, 0.2) is 6.33 Å². The van der Waals surface area contributed by atoms with E-state index in [0.717, 1.165) is 0 Å². The van der Waals surface area contributed by atoms with Gasteiger partial charge in [0.2, 0.25) is 5.95 Å². The molecule has 3 unspecified atom stereocenters. The molecule has 21 heteroatoms. The summed E-state index contributed by atoms with van der Waals surface area (Å²) in [5.74, 6) is -0.150. The van der Waals surface area contributed by atoms with Crippen molar-refractivity contribution in [1.82, 2.24) is 19.5 Å². The molecule has 1 aliphatic heterocycles. The van der Waals surface area contributed by atoms with Crippen LogP contribution in [0.1, 0.15) is 12.6 Å². The van der Waals surface area contributed by atoms with E-state index >= 15 is 0 Å². The molecule has 18 nitrogen and oxygen atoms in total. The second-order valence-corrected chi connectivity index (χ2v) is 10.3. The van der Waals surface area contributed by atoms with Crippen LogP contribution in [0.25, 0.3) is 11.2 Å². The van der Waals surface area contributed by atoms with Gasteiger partial charge < -0.3 is 45.4 Å². The van der Waals surface area contributed by atoms with Gasteiger partial charge in [-0.05, 0) is 0 Å². The predicted molar refractivity (Wildman–Crippen MR) is 91.8 cm³/mol. The second-order valence-electron chi connectivity index (χ2n) is 6.05. The third-order valence-corrected chi connectivity index (χ3v) is 7.47. The molecule has 31 heavy (non-hydrogen) atoms. The molecule has 3 heterocycles. The number of hydrogen-bond acceptors (Lipinski definition) is 16. The second kappa shape index (κ2) is 8.44. The third kappa shape index (κ3) is 6.04. The van der Waals surface area contributed by atoms with Crippen molar-refractivity contribution < 1.29 is 56.3 Å². The highest BCUT2D eigenvalue weighted by Gasteiger charge is 2.37. The first-order valence-electron chi connectivity index (χ1n) is 7.98. The normalized spacial score (nSPS) is 27.6. The predicted octanol–water partition coefficient (Wildman–Crippen LogP) is -2.91. The highest BCUT2D eigenvalue weighted by atomic mass is 31.3. The van der Waals surface area contributed by atoms with Crippen molar-refractivity contribution in [2.24, 2.45) is 0 Å². The van der Waals surface area contributed by atoms with Crippen LogP contribution in [0.5, 0.6) is 0 Å². The number of anilines is 2. The molecule has 6 atom stereocenters. The number of nitrogens with zero attached hydrogens (tertiary/aromatic N) is 4. The van der Waals surface area contributed by atoms with Crippen molar-refractivity contribution in [3.8, 4) is 0 Å². The molecule has 3 rings (SSSR count). The van der Waals surface area contributed by atoms with Crippen LogP contribution in [-0.4, -0.2) is 48.3 Å². The van der Waals surface area contributed by atoms with Crippen molar-refractivity contribution in [3.63, 3.8) is 0 Å². The fourth-order valence-corrected chi connectivity index (χ4v) is 5.55. The average molecular weight is 503 g/mol. The first-order chi connectivity index (χ1) is 14.2. The van der Waals surface area contributed by atoms with Crippen LogP contribution in [0.2, 0.25) is 0 Å². The first-order valence-corrected chi connectivity index (χ1v) is 12.4. The molecule has 0 aromatic carbocycles. The number of hydrogen-bond donors (Lipinski definition) is 4. The zero-order valence-electron chi connectivity index (χ0n) is 15.0. The molecule has 1 fully saturated rings. The molecular formula is C10H14N6O12P3-3. The molecule has 0 spiro atoms. The monoisotopic (exact) mass is 503 g/mol. The number of phosphoric ester groups is 1. The fourth-order valence-electron chi connectivity index (χ4n) is 2.65. The highest BCUT2D eigenvalue weighted by molar-refractivity contribution is 7.65. The largest absolute Gasteiger partial charge is 0.756 e. The SMILES string of the molecule is Nc1nc(N)c2ncn([C@H]3C[C@H](O)[C@@H](COP(=O)([O-])OP(=O)([O-])OP(=O)([O-])O)O3)c2n1. The molecule has 1 aliphatic rings. The minimum Gasteiger partial charge on any atom is -0.756 e. The lowest BCUT2D eigenvalue weighted by Gasteiger charge is -2.33. The molecule has 2 aromatic rings. The zero-order chi connectivity index (χ0) is 23.2. The number of nitrogens with two attached hydrogens (primary N) is 2. The maximum absolute atomic E-state index is 11.6. The summed E-state index contributed by atoms with van der Waals surface area (Å²) in [7, 11) is -17.6. The lowest BCUT2D eigenvalue weighted by molar-refractivity contribution is -0.250. The van der Waals surface area contributed by atoms with E-state index in [1.54, 1.807) is 0 Å². The quantitative estimate of drug-likeness (QED) is 0.262. The Kier molecular flexibility index (Phi) is 6.57. The van der Waals surface area contributed by atoms with E-state index in [1.807, 2.05) is 0 Å². The third-order valence-electron chi connectivity index (χ3n) is 3.78. The number of imidazole rings is 1. The van der Waals surface area contributed by atoms with Gasteiger partial charge in [0, 0.05) is 6.42 Å². The van der Waals surface area contributed by atoms with E-state index in [0.29, 0.717) is 0 Å². The van der Waals surface area contributed by atoms with Crippen molar-refractivity contribution in [2.45, 2.75) is 24.9 Å². The Morgan fingerprint density at radius 1 is 1.19 bits per heavy atom. The molecule has 6 N–H and O–H groups in total. The van der Waals surface area contributed by atoms with Gasteiger partial charge in [0.15, 0.2) is 11.5 Å². The zero-order valence-corrected chi connectivity index (χ0v) is 17.7. The summed E-state index contributed by atoms with van der Waals surface area (Å²) in [4.78, 5) is 53.3. The van der Waals surface area contributed by atoms with Crippen LogP contribution in [0.4, 0.5) is 11.8 Å². The van der Waals surface area contributed by atoms with Gasteiger partial charge in [0.25, 0.3) is 23.5 Å². The number of aromatic nitrogens is 4. The molecule has 0 bridgehead atoms. The number of rotatable bonds is 8. The van der Waals surface area contributed by atoms with Gasteiger partial charge in [0.05, 0.1) is 19.0 Å². The summed E-state index contributed by atoms with van der Waals surface area (Å²) in [6.45, 7) is -0.918. The Morgan fingerprint density at radius 2 is 1.87 bits per heavy atom. The van der Waals surface area contributed by atoms with Crippen molar-refractivity contribution in [1.29, 1.82) is 0 Å². The van der Waals surface area contributed by atoms with E-state index in [2.05, 4.69) is 28.1 Å². The van der Waals surface area contributed by atoms with Crippen molar-refractivity contribution >= 4 is 46.4 Å². The number of aliphatic hydroxyl groups excluding tert-OH is 1. The minimum absolute atomic E-state index is 0.00103. The lowest BCUT2D eigenvalue weighted by atomic mass is 10.2. The summed E-state index contributed by atoms with van der Waals surface area (Å²) in [5, 5.41) is 10.1. The van der Waals surface area contributed by atoms with Gasteiger partial charge in [0.1, 0.15) is 17.8 Å². The minimum atomic E-state index is -6.03. The molecule has 1 saturated heterocycles. The summed E-state index contributed by atoms with van der Waals surface area (Å²) >= 11 is 0. The maximum atomic E-state index is 11.6. The number of nitrogen functional groups attached to an aromatic ring is 2. The average Bonchev–Trinajstić information content (AvgIpc) is 3.13. The molecular weight excluding hydrogens is 489 g/mol. The van der Waals surface area contributed by atoms with Crippen LogP contribution in [0, 0.1) is 0 Å². The van der Waals surface area contributed by atoms with Gasteiger partial charge in [-0.15, -0.1) is 0 Å². The summed E-state index contributed by atoms with van der Waals surface area (Å²) in [5.41, 5.74) is 11.6. The maximum Gasteiger partial charge on any atom is 0.280 e. The Labute approximate surface area is 172 Å². The van der Waals surface area contributed by atoms with Crippen LogP contribution < -0.4 is 26.1 Å². The van der Waals surface area contributed by atoms with Gasteiger partial charge in [-0.1, -0.05) is 0 Å². The Bertz CT molecular complexity index is 1120. The molecule has 2 aromatic heterocycles. The number of phosphoric acid groups is 3. The molecule has 0 radical (unpaired) electrons. The smallest absolute Gasteiger partial charge is 0.280 e. The highest BCUT2D eigenvalue weighted by Crippen LogP contribution is 2.61. The summed E-state index contributed by atoms with van der Waals surface area (Å²) in [6, 6.07) is 0. The lowest BCUT2D eigenvalue weighted by Crippen LogP contribution is -2.27. The van der Waals surface area contributed by atoms with Gasteiger partial charge in [-0.2, -0.15) is 9.97 Å². The molecule has 0 aliphatic carbocycles. The molecule has 0 saturated carbocycles. The first kappa shape index (κ1) is 24.1. The van der Waals surface area contributed by atoms with Crippen molar-refractivity contribution in [2.75, 3.05) is 18.1 Å². The Morgan fingerprint density at radius 3 is 2.52 bits per heavy atom. The van der Waals surface area contributed by atoms with Crippen LogP contribution in [0.3, 0.4) is 0 Å². The summed E-state index contributed by atoms with van der Waals surface area (Å²) in [6.07, 6.45) is -2.29. The van der Waals surface area contributed by atoms with E-state index in [-0.39, 0.29) is 29.4 Å². The van der Waals surface area contributed by atoms with Crippen LogP contribution in [-0.2, 0) is 31.6 Å². The Balaban J connectivity index is 1.66. The van der Waals surface area contributed by atoms with E-state index < -0.39 is 48.5 Å². The van der Waals surface area contributed by atoms with E-state index in [9.17, 15) is 33.5 Å². The molecule has 0 amide bonds. The van der Waals surface area contributed by atoms with E-state index in [1.165, 1.54) is 10.9 Å². The number of aliphatic hydroxyl groups is 1. The Hall–Kier alpha value is -1.52. The van der Waals surface area contributed by atoms with Crippen LogP contribution >= 0.6 is 23.5 Å². The van der Waals surface area contributed by atoms with Gasteiger partial charge in [-0.3, -0.25) is 18.3 Å². The van der Waals surface area contributed by atoms with Crippen molar-refractivity contribution in [3.05, 3.63) is 6.33 Å². The van der Waals surface area contributed by atoms with E-state index in [4.69, 9.17) is 21.1 Å². The number of ether oxygens (including phenoxy) is 1. The molecule has 174 valence electrons. The van der Waals surface area contributed by atoms with Gasteiger partial charge in [-0.25, -0.2) is 13.6 Å². The fraction of sp³-hybridized carbons (Fsp3) is 0.500.